The summed E-state index contributed by atoms with van der Waals surface area (Å²) >= 11 is 0. The summed E-state index contributed by atoms with van der Waals surface area (Å²) in [6.07, 6.45) is 3.06. The molecule has 25 heavy (non-hydrogen) atoms. The van der Waals surface area contributed by atoms with Gasteiger partial charge in [-0.05, 0) is 55.1 Å². The lowest BCUT2D eigenvalue weighted by atomic mass is 10.1. The van der Waals surface area contributed by atoms with Crippen LogP contribution in [0.1, 0.15) is 22.8 Å². The molecule has 0 heterocycles. The van der Waals surface area contributed by atoms with E-state index in [9.17, 15) is 18.0 Å². The van der Waals surface area contributed by atoms with E-state index in [2.05, 4.69) is 10.0 Å². The second-order valence-corrected chi connectivity index (χ2v) is 7.12. The van der Waals surface area contributed by atoms with Crippen LogP contribution in [0.3, 0.4) is 0 Å². The Labute approximate surface area is 146 Å². The molecule has 0 saturated heterocycles. The molecule has 0 radical (unpaired) electrons. The number of nitrogens with one attached hydrogen (secondary N) is 2. The highest BCUT2D eigenvalue weighted by molar-refractivity contribution is 7.89. The van der Waals surface area contributed by atoms with Gasteiger partial charge in [-0.1, -0.05) is 18.2 Å². The molecular weight excluding hydrogens is 340 g/mol. The van der Waals surface area contributed by atoms with Crippen molar-refractivity contribution < 1.29 is 18.0 Å². The number of rotatable bonds is 6. The van der Waals surface area contributed by atoms with Gasteiger partial charge in [-0.25, -0.2) is 13.1 Å². The molecule has 0 aliphatic carbocycles. The van der Waals surface area contributed by atoms with Gasteiger partial charge in [0.05, 0.1) is 4.90 Å². The van der Waals surface area contributed by atoms with Crippen LogP contribution in [0.4, 0.5) is 5.69 Å². The monoisotopic (exact) mass is 358 g/mol. The number of amides is 1. The highest BCUT2D eigenvalue weighted by Gasteiger charge is 2.11. The molecule has 0 aromatic heterocycles. The molecule has 0 aliphatic heterocycles. The van der Waals surface area contributed by atoms with Gasteiger partial charge in [-0.2, -0.15) is 0 Å². The summed E-state index contributed by atoms with van der Waals surface area (Å²) in [4.78, 5) is 23.2. The van der Waals surface area contributed by atoms with E-state index >= 15 is 0 Å². The van der Waals surface area contributed by atoms with Crippen molar-refractivity contribution in [2.45, 2.75) is 11.8 Å². The van der Waals surface area contributed by atoms with E-state index in [-0.39, 0.29) is 16.6 Å². The van der Waals surface area contributed by atoms with Gasteiger partial charge in [0.15, 0.2) is 5.78 Å². The third-order valence-corrected chi connectivity index (χ3v) is 4.81. The predicted molar refractivity (Wildman–Crippen MR) is 96.8 cm³/mol. The van der Waals surface area contributed by atoms with Crippen molar-refractivity contribution in [2.24, 2.45) is 0 Å². The molecule has 2 rings (SSSR count). The van der Waals surface area contributed by atoms with Crippen molar-refractivity contribution in [1.82, 2.24) is 4.72 Å². The molecule has 0 fully saturated rings. The standard InChI is InChI=1S/C18H18N2O4S/c1-13(21)20-16-8-3-14(4-9-16)5-12-18(22)15-6-10-17(11-7-15)25(23,24)19-2/h3-12,19H,1-2H3,(H,20,21)/b12-5+. The SMILES string of the molecule is CNS(=O)(=O)c1ccc(C(=O)/C=C/c2ccc(NC(C)=O)cc2)cc1. The van der Waals surface area contributed by atoms with Crippen molar-refractivity contribution in [1.29, 1.82) is 0 Å². The molecular formula is C18H18N2O4S. The van der Waals surface area contributed by atoms with Gasteiger partial charge >= 0.3 is 0 Å². The first kappa shape index (κ1) is 18.6. The number of carbonyl (C=O) groups excluding carboxylic acids is 2. The van der Waals surface area contributed by atoms with E-state index in [0.717, 1.165) is 5.56 Å². The van der Waals surface area contributed by atoms with Crippen LogP contribution in [0.25, 0.3) is 6.08 Å². The van der Waals surface area contributed by atoms with Crippen LogP contribution in [-0.4, -0.2) is 27.2 Å². The molecule has 2 aromatic rings. The molecule has 2 N–H and O–H groups in total. The lowest BCUT2D eigenvalue weighted by molar-refractivity contribution is -0.114. The fraction of sp³-hybridized carbons (Fsp3) is 0.111. The lowest BCUT2D eigenvalue weighted by Crippen LogP contribution is -2.18. The van der Waals surface area contributed by atoms with Crippen LogP contribution in [0.2, 0.25) is 0 Å². The zero-order valence-corrected chi connectivity index (χ0v) is 14.6. The van der Waals surface area contributed by atoms with Crippen LogP contribution in [0.5, 0.6) is 0 Å². The molecule has 0 aliphatic rings. The molecule has 130 valence electrons. The minimum Gasteiger partial charge on any atom is -0.326 e. The maximum absolute atomic E-state index is 12.2. The Morgan fingerprint density at radius 2 is 1.56 bits per heavy atom. The van der Waals surface area contributed by atoms with Crippen molar-refractivity contribution in [3.63, 3.8) is 0 Å². The summed E-state index contributed by atoms with van der Waals surface area (Å²) in [6.45, 7) is 1.43. The number of ketones is 1. The van der Waals surface area contributed by atoms with Gasteiger partial charge in [-0.15, -0.1) is 0 Å². The third kappa shape index (κ3) is 5.10. The highest BCUT2D eigenvalue weighted by atomic mass is 32.2. The van der Waals surface area contributed by atoms with Gasteiger partial charge in [0.25, 0.3) is 0 Å². The quantitative estimate of drug-likeness (QED) is 0.613. The molecule has 0 spiro atoms. The normalized spacial score (nSPS) is 11.4. The second kappa shape index (κ2) is 7.87. The largest absolute Gasteiger partial charge is 0.326 e. The zero-order chi connectivity index (χ0) is 18.4. The Hall–Kier alpha value is -2.77. The fourth-order valence-corrected chi connectivity index (χ4v) is 2.80. The lowest BCUT2D eigenvalue weighted by Gasteiger charge is -2.03. The summed E-state index contributed by atoms with van der Waals surface area (Å²) in [5, 5.41) is 2.66. The van der Waals surface area contributed by atoms with Crippen molar-refractivity contribution in [3.05, 3.63) is 65.7 Å². The average Bonchev–Trinajstić information content (AvgIpc) is 2.60. The first-order valence-electron chi connectivity index (χ1n) is 7.45. The molecule has 1 amide bonds. The van der Waals surface area contributed by atoms with Crippen molar-refractivity contribution >= 4 is 33.5 Å². The van der Waals surface area contributed by atoms with Crippen molar-refractivity contribution in [2.75, 3.05) is 12.4 Å². The topological polar surface area (TPSA) is 92.3 Å². The predicted octanol–water partition coefficient (Wildman–Crippen LogP) is 2.45. The molecule has 0 saturated carbocycles. The number of benzene rings is 2. The summed E-state index contributed by atoms with van der Waals surface area (Å²) in [7, 11) is -2.19. The number of anilines is 1. The van der Waals surface area contributed by atoms with Gasteiger partial charge in [0, 0.05) is 18.2 Å². The number of carbonyl (C=O) groups is 2. The number of hydrogen-bond acceptors (Lipinski definition) is 4. The number of sulfonamides is 1. The minimum atomic E-state index is -3.52. The fourth-order valence-electron chi connectivity index (χ4n) is 2.07. The Morgan fingerprint density at radius 3 is 2.08 bits per heavy atom. The number of hydrogen-bond donors (Lipinski definition) is 2. The zero-order valence-electron chi connectivity index (χ0n) is 13.8. The van der Waals surface area contributed by atoms with Crippen molar-refractivity contribution in [3.8, 4) is 0 Å². The van der Waals surface area contributed by atoms with Gasteiger partial charge in [0.2, 0.25) is 15.9 Å². The van der Waals surface area contributed by atoms with Crippen LogP contribution in [0, 0.1) is 0 Å². The Bertz CT molecular complexity index is 899. The molecule has 7 heteroatoms. The maximum Gasteiger partial charge on any atom is 0.240 e. The van der Waals surface area contributed by atoms with Crippen LogP contribution >= 0.6 is 0 Å². The van der Waals surface area contributed by atoms with Crippen LogP contribution < -0.4 is 10.0 Å². The minimum absolute atomic E-state index is 0.101. The third-order valence-electron chi connectivity index (χ3n) is 3.38. The molecule has 0 unspecified atom stereocenters. The summed E-state index contributed by atoms with van der Waals surface area (Å²) in [5.74, 6) is -0.387. The van der Waals surface area contributed by atoms with Gasteiger partial charge < -0.3 is 5.32 Å². The average molecular weight is 358 g/mol. The Morgan fingerprint density at radius 1 is 0.960 bits per heavy atom. The summed E-state index contributed by atoms with van der Waals surface area (Å²) in [6, 6.07) is 12.7. The van der Waals surface area contributed by atoms with E-state index in [1.807, 2.05) is 0 Å². The summed E-state index contributed by atoms with van der Waals surface area (Å²) in [5.41, 5.74) is 1.87. The maximum atomic E-state index is 12.2. The highest BCUT2D eigenvalue weighted by Crippen LogP contribution is 2.13. The van der Waals surface area contributed by atoms with Gasteiger partial charge in [-0.3, -0.25) is 9.59 Å². The molecule has 0 bridgehead atoms. The van der Waals surface area contributed by atoms with E-state index in [0.29, 0.717) is 11.3 Å². The molecule has 6 nitrogen and oxygen atoms in total. The van der Waals surface area contributed by atoms with E-state index in [1.54, 1.807) is 30.3 Å². The van der Waals surface area contributed by atoms with E-state index in [4.69, 9.17) is 0 Å². The van der Waals surface area contributed by atoms with E-state index in [1.165, 1.54) is 44.3 Å². The Kier molecular flexibility index (Phi) is 5.84. The summed E-state index contributed by atoms with van der Waals surface area (Å²) < 4.78 is 25.5. The first-order valence-corrected chi connectivity index (χ1v) is 8.94. The van der Waals surface area contributed by atoms with Crippen LogP contribution in [-0.2, 0) is 14.8 Å². The second-order valence-electron chi connectivity index (χ2n) is 5.23. The number of allylic oxidation sites excluding steroid dienone is 1. The van der Waals surface area contributed by atoms with Gasteiger partial charge in [0.1, 0.15) is 0 Å². The van der Waals surface area contributed by atoms with E-state index < -0.39 is 10.0 Å². The molecule has 0 atom stereocenters. The molecule has 2 aromatic carbocycles. The first-order chi connectivity index (χ1) is 11.8. The smallest absolute Gasteiger partial charge is 0.240 e. The van der Waals surface area contributed by atoms with Crippen LogP contribution in [0.15, 0.2) is 59.5 Å². The Balaban J connectivity index is 2.08.